The molecular formula is C67H102BrCl5MgN10O9S. The molecule has 94 heavy (non-hydrogen) atoms. The van der Waals surface area contributed by atoms with Gasteiger partial charge in [0, 0.05) is 69.4 Å². The normalized spacial score (nSPS) is 21.4. The summed E-state index contributed by atoms with van der Waals surface area (Å²) in [6.45, 7) is 12.9. The molecule has 2 aromatic carbocycles. The van der Waals surface area contributed by atoms with Gasteiger partial charge in [0.15, 0.2) is 11.3 Å². The molecule has 5 aliphatic rings. The minimum absolute atomic E-state index is 0. The van der Waals surface area contributed by atoms with E-state index < -0.39 is 26.4 Å². The molecule has 4 saturated carbocycles. The number of carboxylic acids is 1. The first-order valence-corrected chi connectivity index (χ1v) is 35.6. The Balaban J connectivity index is 0.000000584. The van der Waals surface area contributed by atoms with Crippen LogP contribution in [0.15, 0.2) is 85.2 Å². The molecule has 6 aromatic rings. The van der Waals surface area contributed by atoms with Gasteiger partial charge in [-0.15, -0.1) is 5.10 Å². The number of halogens is 6. The van der Waals surface area contributed by atoms with Crippen LogP contribution in [0.25, 0.3) is 33.8 Å². The van der Waals surface area contributed by atoms with E-state index in [0.717, 1.165) is 169 Å². The topological polar surface area (TPSA) is 301 Å². The molecule has 0 radical (unpaired) electrons. The molecule has 11 N–H and O–H groups in total. The van der Waals surface area contributed by atoms with Crippen molar-refractivity contribution in [2.45, 2.75) is 154 Å². The van der Waals surface area contributed by atoms with Crippen molar-refractivity contribution < 1.29 is 60.7 Å². The zero-order valence-electron chi connectivity index (χ0n) is 55.8. The van der Waals surface area contributed by atoms with Crippen molar-refractivity contribution in [2.24, 2.45) is 64.5 Å². The minimum atomic E-state index is -1.67. The number of hydrogen-bond donors (Lipinski definition) is 8. The number of benzene rings is 2. The molecule has 4 aliphatic carbocycles. The number of methoxy groups -OCH3 is 1. The Bertz CT molecular complexity index is 3060. The summed E-state index contributed by atoms with van der Waals surface area (Å²) in [5, 5.41) is 49.9. The van der Waals surface area contributed by atoms with Crippen molar-refractivity contribution in [1.29, 1.82) is 0 Å². The van der Waals surface area contributed by atoms with Crippen LogP contribution in [-0.4, -0.2) is 154 Å². The number of rotatable bonds is 12. The fourth-order valence-electron chi connectivity index (χ4n) is 11.9. The van der Waals surface area contributed by atoms with Crippen LogP contribution in [0.5, 0.6) is 0 Å². The molecule has 0 bridgehead atoms. The summed E-state index contributed by atoms with van der Waals surface area (Å²) >= 11 is 18.0. The van der Waals surface area contributed by atoms with E-state index in [1.54, 1.807) is 16.8 Å². The number of esters is 1. The summed E-state index contributed by atoms with van der Waals surface area (Å²) in [6, 6.07) is 22.8. The SMILES string of the molecule is C1CCOC1.CC(C)(O)C1CCC(CN)CC1.CC(C)(O)C1CCC(CNc2ccc3ncc(-c4cccc(Cl)c4)n3n2)CC1.CO.COC(=O)C1CCC(CN)CC1.Clc1cccc(-c2cnc3ccc(Cl)nn23)c1.NCC1CCC(C(=O)O)CC1.O=S(Cl)Cl.[Br-].[CH3-].[Mg+2]. The van der Waals surface area contributed by atoms with Gasteiger partial charge in [0.1, 0.15) is 11.0 Å². The number of carboxylic acid groups (broad SMARTS) is 1. The van der Waals surface area contributed by atoms with E-state index in [-0.39, 0.29) is 65.3 Å². The zero-order valence-corrected chi connectivity index (χ0v) is 63.4. The minimum Gasteiger partial charge on any atom is -1.00 e. The van der Waals surface area contributed by atoms with Crippen molar-refractivity contribution in [3.05, 3.63) is 108 Å². The number of aliphatic hydroxyl groups excluding tert-OH is 1. The summed E-state index contributed by atoms with van der Waals surface area (Å²) in [4.78, 5) is 30.3. The maximum Gasteiger partial charge on any atom is 2.00 e. The summed E-state index contributed by atoms with van der Waals surface area (Å²) in [5.74, 6) is 3.62. The van der Waals surface area contributed by atoms with Gasteiger partial charge in [0.25, 0.3) is 0 Å². The molecule has 27 heteroatoms. The van der Waals surface area contributed by atoms with Crippen LogP contribution < -0.4 is 39.5 Å². The summed E-state index contributed by atoms with van der Waals surface area (Å²) in [5.41, 5.74) is 20.9. The van der Waals surface area contributed by atoms with Crippen LogP contribution in [-0.2, 0) is 28.3 Å². The number of fused-ring (bicyclic) bond motifs is 2. The predicted octanol–water partition coefficient (Wildman–Crippen LogP) is 10.5. The summed E-state index contributed by atoms with van der Waals surface area (Å²) in [7, 11) is 9.81. The number of nitrogens with one attached hydrogen (secondary N) is 1. The average molecular weight is 1510 g/mol. The van der Waals surface area contributed by atoms with Gasteiger partial charge < -0.3 is 76.8 Å². The third-order valence-corrected chi connectivity index (χ3v) is 18.3. The van der Waals surface area contributed by atoms with Gasteiger partial charge in [-0.25, -0.2) is 23.2 Å². The number of hydrogen-bond acceptors (Lipinski definition) is 16. The fraction of sp³-hybridized carbons (Fsp3) is 0.597. The first kappa shape index (κ1) is 89.0. The third-order valence-electron chi connectivity index (χ3n) is 17.6. The molecule has 0 atom stereocenters. The quantitative estimate of drug-likeness (QED) is 0.0244. The molecular weight excluding hydrogens is 1400 g/mol. The number of imidazole rings is 2. The number of nitrogens with zero attached hydrogens (tertiary/aromatic N) is 6. The molecule has 5 fully saturated rings. The molecule has 1 aliphatic heterocycles. The van der Waals surface area contributed by atoms with Crippen LogP contribution in [0.4, 0.5) is 5.82 Å². The van der Waals surface area contributed by atoms with Crippen molar-refractivity contribution >= 4 is 117 Å². The first-order valence-electron chi connectivity index (χ1n) is 31.7. The van der Waals surface area contributed by atoms with Crippen molar-refractivity contribution in [3.63, 3.8) is 0 Å². The zero-order chi connectivity index (χ0) is 67.1. The van der Waals surface area contributed by atoms with Crippen LogP contribution >= 0.6 is 56.2 Å². The van der Waals surface area contributed by atoms with Gasteiger partial charge in [0.2, 0.25) is 9.23 Å². The van der Waals surface area contributed by atoms with Gasteiger partial charge in [-0.1, -0.05) is 59.1 Å². The van der Waals surface area contributed by atoms with Gasteiger partial charge in [0.05, 0.1) is 53.9 Å². The Labute approximate surface area is 610 Å². The van der Waals surface area contributed by atoms with Gasteiger partial charge in [-0.3, -0.25) is 9.59 Å². The standard InChI is InChI=1S/C22H27ClN4O.C12H7Cl2N3.C10H21NO.C9H17NO2.C8H15NO2.C4H8O.CH4O.CH3.BrH.Cl2OS.Mg/c1-22(2,28)17-8-6-15(7-9-17)13-24-20-10-11-21-25-14-19(27(21)26-20)16-4-3-5-18(23)12-16;13-9-3-1-2-8(6-9)10-7-15-12-5-4-11(14)16-17(10)12;1-10(2,12)9-5-3-8(7-11)4-6-9;1-12-9(11)8-4-2-7(6-10)3-5-8;9-5-6-1-3-7(4-2-6)8(10)11;1-2-4-5-3-1;1-2;;;1-4(2)3;/h3-5,10-12,14-15,17,28H,6-9,13H2,1-2H3,(H,24,26);1-7H;8-9,12H,3-7,11H2,1-2H3;7-8H,2-6,10H2,1H3;6-7H,1-5,9H2,(H,10,11);1-4H2;2H,1H3;1H3;1H;;/q;;;;;;;-1;;;+2/p-1. The number of aliphatic hydroxyl groups is 3. The number of carbonyl (C=O) groups is 2. The Hall–Kier alpha value is -3.01. The smallest absolute Gasteiger partial charge is 1.00 e. The predicted molar refractivity (Wildman–Crippen MR) is 382 cm³/mol. The number of aliphatic carboxylic acids is 1. The monoisotopic (exact) mass is 1500 g/mol. The Morgan fingerprint density at radius 1 is 0.628 bits per heavy atom. The molecule has 524 valence electrons. The Morgan fingerprint density at radius 2 is 1.01 bits per heavy atom. The molecule has 0 unspecified atom stereocenters. The Kier molecular flexibility index (Phi) is 44.6. The third kappa shape index (κ3) is 31.9. The van der Waals surface area contributed by atoms with Gasteiger partial charge in [-0.05, 0) is 247 Å². The second kappa shape index (κ2) is 47.1. The van der Waals surface area contributed by atoms with Crippen LogP contribution in [0.2, 0.25) is 15.2 Å². The van der Waals surface area contributed by atoms with E-state index in [0.29, 0.717) is 57.3 Å². The molecule has 4 aromatic heterocycles. The fourth-order valence-corrected chi connectivity index (χ4v) is 12.4. The maximum absolute atomic E-state index is 11.1. The van der Waals surface area contributed by atoms with E-state index in [4.69, 9.17) is 76.3 Å². The van der Waals surface area contributed by atoms with E-state index >= 15 is 0 Å². The van der Waals surface area contributed by atoms with Crippen molar-refractivity contribution in [1.82, 2.24) is 29.2 Å². The Morgan fingerprint density at radius 3 is 1.37 bits per heavy atom. The number of ether oxygens (including phenoxy) is 2. The van der Waals surface area contributed by atoms with E-state index in [1.807, 2.05) is 105 Å². The van der Waals surface area contributed by atoms with Crippen LogP contribution in [0, 0.1) is 54.8 Å². The largest absolute Gasteiger partial charge is 2.00 e. The molecule has 0 spiro atoms. The van der Waals surface area contributed by atoms with Gasteiger partial charge >= 0.3 is 35.0 Å². The average Bonchev–Trinajstić information content (AvgIpc) is 1.66. The maximum atomic E-state index is 11.1. The summed E-state index contributed by atoms with van der Waals surface area (Å²) < 4.78 is 22.3. The molecule has 11 rings (SSSR count). The second-order valence-electron chi connectivity index (χ2n) is 24.9. The van der Waals surface area contributed by atoms with Crippen molar-refractivity contribution in [2.75, 3.05) is 58.9 Å². The van der Waals surface area contributed by atoms with Crippen LogP contribution in [0.3, 0.4) is 0 Å². The van der Waals surface area contributed by atoms with E-state index in [1.165, 1.54) is 32.8 Å². The number of aromatic nitrogens is 6. The second-order valence-corrected chi connectivity index (χ2v) is 28.6. The first-order chi connectivity index (χ1) is 43.4. The van der Waals surface area contributed by atoms with Crippen LogP contribution in [0.1, 0.15) is 143 Å². The summed E-state index contributed by atoms with van der Waals surface area (Å²) in [6.07, 6.45) is 23.0. The number of nitrogens with two attached hydrogens (primary N) is 3. The van der Waals surface area contributed by atoms with E-state index in [2.05, 4.69) is 46.5 Å². The molecule has 0 amide bonds. The van der Waals surface area contributed by atoms with E-state index in [9.17, 15) is 19.8 Å². The van der Waals surface area contributed by atoms with Gasteiger partial charge in [-0.2, -0.15) is 5.10 Å². The number of carbonyl (C=O) groups excluding carboxylic acids is 1. The number of anilines is 1. The molecule has 19 nitrogen and oxygen atoms in total. The molecule has 5 heterocycles. The molecule has 1 saturated heterocycles. The van der Waals surface area contributed by atoms with Crippen molar-refractivity contribution in [3.8, 4) is 22.5 Å².